The van der Waals surface area contributed by atoms with Crippen molar-refractivity contribution in [3.8, 4) is 0 Å². The van der Waals surface area contributed by atoms with Crippen LogP contribution in [0.1, 0.15) is 16.8 Å². The van der Waals surface area contributed by atoms with Gasteiger partial charge in [-0.05, 0) is 18.4 Å². The van der Waals surface area contributed by atoms with Crippen molar-refractivity contribution in [1.82, 2.24) is 9.88 Å². The van der Waals surface area contributed by atoms with Crippen LogP contribution in [0.3, 0.4) is 0 Å². The van der Waals surface area contributed by atoms with Crippen LogP contribution in [0.5, 0.6) is 0 Å². The summed E-state index contributed by atoms with van der Waals surface area (Å²) in [5.74, 6) is -0.639. The van der Waals surface area contributed by atoms with Crippen LogP contribution in [0.25, 0.3) is 0 Å². The minimum atomic E-state index is -0.609. The Morgan fingerprint density at radius 2 is 2.19 bits per heavy atom. The summed E-state index contributed by atoms with van der Waals surface area (Å²) in [7, 11) is 2.90. The van der Waals surface area contributed by atoms with Gasteiger partial charge in [0, 0.05) is 26.3 Å². The minimum absolute atomic E-state index is 0.160. The number of thioether (sulfide) groups is 1. The zero-order chi connectivity index (χ0) is 15.4. The van der Waals surface area contributed by atoms with Gasteiger partial charge in [0.05, 0.1) is 18.8 Å². The largest absolute Gasteiger partial charge is 0.467 e. The highest BCUT2D eigenvalue weighted by molar-refractivity contribution is 7.98. The Morgan fingerprint density at radius 1 is 1.43 bits per heavy atom. The molecule has 1 amide bonds. The van der Waals surface area contributed by atoms with E-state index in [4.69, 9.17) is 9.47 Å². The number of nitrogens with zero attached hydrogens (tertiary/aromatic N) is 2. The maximum Gasteiger partial charge on any atom is 0.328 e. The topological polar surface area (TPSA) is 68.7 Å². The Bertz CT molecular complexity index is 537. The summed E-state index contributed by atoms with van der Waals surface area (Å²) in [5.41, 5.74) is 0.496. The van der Waals surface area contributed by atoms with Crippen LogP contribution in [0, 0.1) is 0 Å². The van der Waals surface area contributed by atoms with E-state index in [-0.39, 0.29) is 12.0 Å². The van der Waals surface area contributed by atoms with Crippen molar-refractivity contribution in [3.05, 3.63) is 23.9 Å². The molecule has 114 valence electrons. The Labute approximate surface area is 127 Å². The Hall–Kier alpha value is -1.60. The molecule has 7 heteroatoms. The van der Waals surface area contributed by atoms with E-state index in [2.05, 4.69) is 4.98 Å². The number of esters is 1. The molecule has 1 aromatic heterocycles. The number of hydrogen-bond donors (Lipinski definition) is 0. The van der Waals surface area contributed by atoms with Gasteiger partial charge in [-0.2, -0.15) is 0 Å². The molecule has 1 aliphatic heterocycles. The van der Waals surface area contributed by atoms with E-state index in [1.807, 2.05) is 6.26 Å². The highest BCUT2D eigenvalue weighted by Gasteiger charge is 2.41. The molecule has 0 aromatic carbocycles. The van der Waals surface area contributed by atoms with Crippen molar-refractivity contribution < 1.29 is 19.1 Å². The standard InChI is InChI=1S/C14H18N2O4S/c1-19-9-7-11(14(18)20-2)16(8-9)13(17)10-5-4-6-15-12(10)21-3/h4-6,9,11H,7-8H2,1-3H3/t9-,11-/m0/s1. The predicted molar refractivity (Wildman–Crippen MR) is 78.3 cm³/mol. The van der Waals surface area contributed by atoms with Crippen LogP contribution in [0.4, 0.5) is 0 Å². The molecule has 0 radical (unpaired) electrons. The van der Waals surface area contributed by atoms with E-state index in [0.717, 1.165) is 0 Å². The van der Waals surface area contributed by atoms with Gasteiger partial charge in [0.25, 0.3) is 5.91 Å². The van der Waals surface area contributed by atoms with Gasteiger partial charge in [0.2, 0.25) is 0 Å². The molecule has 0 bridgehead atoms. The fourth-order valence-electron chi connectivity index (χ4n) is 2.42. The zero-order valence-corrected chi connectivity index (χ0v) is 13.1. The smallest absolute Gasteiger partial charge is 0.328 e. The first-order chi connectivity index (χ1) is 10.1. The first-order valence-electron chi connectivity index (χ1n) is 6.53. The molecule has 21 heavy (non-hydrogen) atoms. The predicted octanol–water partition coefficient (Wildman–Crippen LogP) is 1.21. The summed E-state index contributed by atoms with van der Waals surface area (Å²) in [6.45, 7) is 0.373. The van der Waals surface area contributed by atoms with E-state index in [9.17, 15) is 9.59 Å². The quantitative estimate of drug-likeness (QED) is 0.615. The van der Waals surface area contributed by atoms with Crippen LogP contribution >= 0.6 is 11.8 Å². The van der Waals surface area contributed by atoms with Crippen LogP contribution in [-0.4, -0.2) is 60.9 Å². The summed E-state index contributed by atoms with van der Waals surface area (Å²) in [6.07, 6.45) is 3.79. The zero-order valence-electron chi connectivity index (χ0n) is 12.2. The van der Waals surface area contributed by atoms with Crippen molar-refractivity contribution in [2.24, 2.45) is 0 Å². The number of carbonyl (C=O) groups is 2. The molecule has 1 aromatic rings. The lowest BCUT2D eigenvalue weighted by Crippen LogP contribution is -2.41. The Morgan fingerprint density at radius 3 is 2.81 bits per heavy atom. The number of ether oxygens (including phenoxy) is 2. The number of aromatic nitrogens is 1. The lowest BCUT2D eigenvalue weighted by atomic mass is 10.2. The van der Waals surface area contributed by atoms with E-state index in [1.54, 1.807) is 25.4 Å². The summed E-state index contributed by atoms with van der Waals surface area (Å²) < 4.78 is 10.1. The Kier molecular flexibility index (Phi) is 5.19. The maximum absolute atomic E-state index is 12.7. The van der Waals surface area contributed by atoms with Gasteiger partial charge in [0.15, 0.2) is 0 Å². The van der Waals surface area contributed by atoms with Crippen molar-refractivity contribution in [2.75, 3.05) is 27.0 Å². The normalized spacial score (nSPS) is 21.4. The van der Waals surface area contributed by atoms with E-state index < -0.39 is 12.0 Å². The van der Waals surface area contributed by atoms with Crippen LogP contribution in [-0.2, 0) is 14.3 Å². The number of pyridine rings is 1. The fraction of sp³-hybridized carbons (Fsp3) is 0.500. The van der Waals surface area contributed by atoms with Crippen molar-refractivity contribution in [2.45, 2.75) is 23.6 Å². The highest BCUT2D eigenvalue weighted by atomic mass is 32.2. The summed E-state index contributed by atoms with van der Waals surface area (Å²) in [5, 5.41) is 0.645. The van der Waals surface area contributed by atoms with Crippen molar-refractivity contribution in [1.29, 1.82) is 0 Å². The average molecular weight is 310 g/mol. The molecule has 1 fully saturated rings. The number of methoxy groups -OCH3 is 2. The number of likely N-dealkylation sites (tertiary alicyclic amines) is 1. The fourth-order valence-corrected chi connectivity index (χ4v) is 2.96. The summed E-state index contributed by atoms with van der Waals surface area (Å²) in [6, 6.07) is 2.82. The second kappa shape index (κ2) is 6.91. The molecule has 2 heterocycles. The second-order valence-corrected chi connectivity index (χ2v) is 5.45. The Balaban J connectivity index is 2.29. The third kappa shape index (κ3) is 3.19. The highest BCUT2D eigenvalue weighted by Crippen LogP contribution is 2.26. The van der Waals surface area contributed by atoms with Crippen molar-refractivity contribution in [3.63, 3.8) is 0 Å². The SMILES string of the molecule is COC(=O)[C@@H]1C[C@H](OC)CN1C(=O)c1cccnc1SC. The monoisotopic (exact) mass is 310 g/mol. The number of rotatable bonds is 4. The van der Waals surface area contributed by atoms with Gasteiger partial charge in [-0.15, -0.1) is 11.8 Å². The number of hydrogen-bond acceptors (Lipinski definition) is 6. The lowest BCUT2D eigenvalue weighted by Gasteiger charge is -2.23. The van der Waals surface area contributed by atoms with Gasteiger partial charge in [-0.1, -0.05) is 0 Å². The molecule has 0 aliphatic carbocycles. The first-order valence-corrected chi connectivity index (χ1v) is 7.75. The molecular weight excluding hydrogens is 292 g/mol. The minimum Gasteiger partial charge on any atom is -0.467 e. The summed E-state index contributed by atoms with van der Waals surface area (Å²) in [4.78, 5) is 30.3. The first kappa shape index (κ1) is 15.8. The molecule has 1 saturated heterocycles. The molecule has 1 aliphatic rings. The molecule has 0 spiro atoms. The van der Waals surface area contributed by atoms with Gasteiger partial charge in [-0.25, -0.2) is 9.78 Å². The number of carbonyl (C=O) groups excluding carboxylic acids is 2. The third-order valence-electron chi connectivity index (χ3n) is 3.53. The molecule has 2 rings (SSSR count). The van der Waals surface area contributed by atoms with Gasteiger partial charge < -0.3 is 14.4 Å². The molecule has 0 saturated carbocycles. The average Bonchev–Trinajstić information content (AvgIpc) is 2.97. The molecule has 6 nitrogen and oxygen atoms in total. The van der Waals surface area contributed by atoms with E-state index in [1.165, 1.54) is 23.8 Å². The van der Waals surface area contributed by atoms with E-state index >= 15 is 0 Å². The third-order valence-corrected chi connectivity index (χ3v) is 4.24. The lowest BCUT2D eigenvalue weighted by molar-refractivity contribution is -0.145. The summed E-state index contributed by atoms with van der Waals surface area (Å²) >= 11 is 1.40. The van der Waals surface area contributed by atoms with Gasteiger partial charge >= 0.3 is 5.97 Å². The van der Waals surface area contributed by atoms with Crippen molar-refractivity contribution >= 4 is 23.6 Å². The molecule has 2 atom stereocenters. The molecule has 0 N–H and O–H groups in total. The maximum atomic E-state index is 12.7. The van der Waals surface area contributed by atoms with Gasteiger partial charge in [0.1, 0.15) is 11.1 Å². The van der Waals surface area contributed by atoms with Crippen LogP contribution in [0.2, 0.25) is 0 Å². The van der Waals surface area contributed by atoms with Crippen LogP contribution in [0.15, 0.2) is 23.4 Å². The van der Waals surface area contributed by atoms with Crippen LogP contribution < -0.4 is 0 Å². The number of amides is 1. The molecular formula is C14H18N2O4S. The van der Waals surface area contributed by atoms with Gasteiger partial charge in [-0.3, -0.25) is 4.79 Å². The molecule has 0 unspecified atom stereocenters. The second-order valence-electron chi connectivity index (χ2n) is 4.65. The van der Waals surface area contributed by atoms with E-state index in [0.29, 0.717) is 23.6 Å².